The van der Waals surface area contributed by atoms with Crippen LogP contribution in [0.25, 0.3) is 0 Å². The predicted molar refractivity (Wildman–Crippen MR) is 96.6 cm³/mol. The summed E-state index contributed by atoms with van der Waals surface area (Å²) in [6.07, 6.45) is 7.82. The van der Waals surface area contributed by atoms with Crippen LogP contribution in [-0.2, 0) is 0 Å². The molecule has 4 heteroatoms. The van der Waals surface area contributed by atoms with Crippen LogP contribution in [0.4, 0.5) is 4.79 Å². The van der Waals surface area contributed by atoms with E-state index in [2.05, 4.69) is 29.6 Å². The molecule has 4 bridgehead atoms. The Labute approximate surface area is 149 Å². The molecule has 4 aliphatic carbocycles. The van der Waals surface area contributed by atoms with Crippen LogP contribution in [-0.4, -0.2) is 40.3 Å². The highest BCUT2D eigenvalue weighted by Gasteiger charge is 2.57. The Bertz CT molecular complexity index is 660. The van der Waals surface area contributed by atoms with E-state index < -0.39 is 5.60 Å². The van der Waals surface area contributed by atoms with Crippen LogP contribution in [0, 0.1) is 0 Å². The molecule has 2 unspecified atom stereocenters. The van der Waals surface area contributed by atoms with Crippen molar-refractivity contribution in [2.24, 2.45) is 0 Å². The summed E-state index contributed by atoms with van der Waals surface area (Å²) >= 11 is 0. The minimum Gasteiger partial charge on any atom is -0.390 e. The van der Waals surface area contributed by atoms with Gasteiger partial charge in [0.1, 0.15) is 0 Å². The topological polar surface area (TPSA) is 52.6 Å². The van der Waals surface area contributed by atoms with Gasteiger partial charge in [0.2, 0.25) is 0 Å². The third kappa shape index (κ3) is 2.57. The molecule has 134 valence electrons. The molecule has 2 N–H and O–H groups in total. The summed E-state index contributed by atoms with van der Waals surface area (Å²) in [7, 11) is 0. The average Bonchev–Trinajstić information content (AvgIpc) is 2.74. The first-order valence-corrected chi connectivity index (χ1v) is 9.94. The number of nitrogens with zero attached hydrogens (tertiary/aromatic N) is 1. The lowest BCUT2D eigenvalue weighted by Gasteiger charge is -2.53. The van der Waals surface area contributed by atoms with Crippen LogP contribution in [0.3, 0.4) is 0 Å². The van der Waals surface area contributed by atoms with Crippen molar-refractivity contribution >= 4 is 6.03 Å². The molecule has 1 aliphatic heterocycles. The quantitative estimate of drug-likeness (QED) is 0.822. The maximum atomic E-state index is 12.9. The molecular formula is C21H28N2O2. The van der Waals surface area contributed by atoms with Crippen molar-refractivity contribution < 1.29 is 9.90 Å². The monoisotopic (exact) mass is 340 g/mol. The van der Waals surface area contributed by atoms with Gasteiger partial charge in [-0.15, -0.1) is 0 Å². The molecule has 4 nitrogen and oxygen atoms in total. The highest BCUT2D eigenvalue weighted by Crippen LogP contribution is 2.59. The van der Waals surface area contributed by atoms with Gasteiger partial charge in [0.05, 0.1) is 5.60 Å². The molecule has 2 amide bonds. The van der Waals surface area contributed by atoms with Crippen LogP contribution in [0.15, 0.2) is 24.3 Å². The molecule has 1 aromatic rings. The van der Waals surface area contributed by atoms with Gasteiger partial charge in [0.25, 0.3) is 0 Å². The SMILES string of the molecule is O=C(NC12CC3CC(O)(CC(C1)c1ccccc13)C2)N1CCCCC1. The fourth-order valence-electron chi connectivity index (χ4n) is 6.33. The molecule has 1 aromatic carbocycles. The van der Waals surface area contributed by atoms with Crippen molar-refractivity contribution in [2.75, 3.05) is 13.1 Å². The number of likely N-dealkylation sites (tertiary alicyclic amines) is 1. The third-order valence-corrected chi connectivity index (χ3v) is 7.09. The summed E-state index contributed by atoms with van der Waals surface area (Å²) in [5.41, 5.74) is 1.96. The van der Waals surface area contributed by atoms with E-state index in [9.17, 15) is 9.90 Å². The molecule has 6 rings (SSSR count). The highest BCUT2D eigenvalue weighted by atomic mass is 16.3. The number of amides is 2. The second-order valence-electron chi connectivity index (χ2n) is 9.00. The number of rotatable bonds is 1. The first-order valence-electron chi connectivity index (χ1n) is 9.94. The second-order valence-corrected chi connectivity index (χ2v) is 9.00. The molecule has 0 radical (unpaired) electrons. The second kappa shape index (κ2) is 5.47. The van der Waals surface area contributed by atoms with Crippen molar-refractivity contribution in [3.05, 3.63) is 35.4 Å². The Morgan fingerprint density at radius 1 is 1.00 bits per heavy atom. The fraction of sp³-hybridized carbons (Fsp3) is 0.667. The Morgan fingerprint density at radius 2 is 1.60 bits per heavy atom. The highest BCUT2D eigenvalue weighted by molar-refractivity contribution is 5.75. The zero-order chi connectivity index (χ0) is 17.1. The van der Waals surface area contributed by atoms with Crippen LogP contribution in [0.2, 0.25) is 0 Å². The Morgan fingerprint density at radius 3 is 2.20 bits per heavy atom. The molecule has 5 aliphatic rings. The van der Waals surface area contributed by atoms with Crippen LogP contribution >= 0.6 is 0 Å². The number of hydrogen-bond acceptors (Lipinski definition) is 2. The van der Waals surface area contributed by atoms with E-state index >= 15 is 0 Å². The molecule has 3 fully saturated rings. The van der Waals surface area contributed by atoms with Gasteiger partial charge in [-0.3, -0.25) is 0 Å². The largest absolute Gasteiger partial charge is 0.390 e. The van der Waals surface area contributed by atoms with E-state index in [1.54, 1.807) is 0 Å². The van der Waals surface area contributed by atoms with Crippen molar-refractivity contribution in [1.82, 2.24) is 10.2 Å². The predicted octanol–water partition coefficient (Wildman–Crippen LogP) is 3.51. The van der Waals surface area contributed by atoms with E-state index in [-0.39, 0.29) is 11.6 Å². The van der Waals surface area contributed by atoms with Crippen molar-refractivity contribution in [3.63, 3.8) is 0 Å². The molecule has 2 saturated carbocycles. The molecular weight excluding hydrogens is 312 g/mol. The van der Waals surface area contributed by atoms with Crippen LogP contribution in [0.5, 0.6) is 0 Å². The zero-order valence-corrected chi connectivity index (χ0v) is 14.8. The average molecular weight is 340 g/mol. The summed E-state index contributed by atoms with van der Waals surface area (Å²) in [6, 6.07) is 8.82. The number of benzene rings is 1. The Kier molecular flexibility index (Phi) is 3.43. The normalized spacial score (nSPS) is 39.0. The van der Waals surface area contributed by atoms with Gasteiger partial charge in [-0.25, -0.2) is 4.79 Å². The summed E-state index contributed by atoms with van der Waals surface area (Å²) in [6.45, 7) is 1.75. The van der Waals surface area contributed by atoms with Gasteiger partial charge in [0, 0.05) is 18.6 Å². The molecule has 2 atom stereocenters. The zero-order valence-electron chi connectivity index (χ0n) is 14.8. The Balaban J connectivity index is 1.46. The minimum atomic E-state index is -0.625. The first kappa shape index (κ1) is 15.7. The van der Waals surface area contributed by atoms with E-state index in [0.717, 1.165) is 58.0 Å². The maximum Gasteiger partial charge on any atom is 0.317 e. The van der Waals surface area contributed by atoms with Crippen molar-refractivity contribution in [2.45, 2.75) is 74.3 Å². The lowest BCUT2D eigenvalue weighted by Crippen LogP contribution is -2.62. The van der Waals surface area contributed by atoms with Crippen LogP contribution in [0.1, 0.15) is 74.3 Å². The smallest absolute Gasteiger partial charge is 0.317 e. The van der Waals surface area contributed by atoms with Crippen LogP contribution < -0.4 is 5.32 Å². The van der Waals surface area contributed by atoms with E-state index in [1.165, 1.54) is 17.5 Å². The molecule has 1 heterocycles. The molecule has 0 aromatic heterocycles. The number of carbonyl (C=O) groups excluding carboxylic acids is 1. The summed E-state index contributed by atoms with van der Waals surface area (Å²) in [5.74, 6) is 0.730. The van der Waals surface area contributed by atoms with Gasteiger partial charge < -0.3 is 15.3 Å². The Hall–Kier alpha value is -1.55. The molecule has 1 saturated heterocycles. The van der Waals surface area contributed by atoms with Gasteiger partial charge in [-0.2, -0.15) is 0 Å². The number of urea groups is 1. The summed E-state index contributed by atoms with van der Waals surface area (Å²) in [4.78, 5) is 14.9. The lowest BCUT2D eigenvalue weighted by atomic mass is 9.60. The van der Waals surface area contributed by atoms with Gasteiger partial charge in [-0.05, 0) is 74.3 Å². The standard InChI is InChI=1S/C21H28N2O2/c24-19(23-8-4-1-5-9-23)22-20-10-15-12-21(25,14-20)13-16(11-20)18-7-3-2-6-17(15)18/h2-3,6-7,15-16,25H,1,4-5,8-14H2,(H,22,24). The maximum absolute atomic E-state index is 12.9. The number of carbonyl (C=O) groups is 1. The number of aliphatic hydroxyl groups is 1. The number of nitrogens with one attached hydrogen (secondary N) is 1. The van der Waals surface area contributed by atoms with Crippen molar-refractivity contribution in [1.29, 1.82) is 0 Å². The van der Waals surface area contributed by atoms with E-state index in [0.29, 0.717) is 11.8 Å². The van der Waals surface area contributed by atoms with Crippen molar-refractivity contribution in [3.8, 4) is 0 Å². The molecule has 0 spiro atoms. The van der Waals surface area contributed by atoms with Gasteiger partial charge >= 0.3 is 6.03 Å². The van der Waals surface area contributed by atoms with E-state index in [4.69, 9.17) is 0 Å². The molecule has 25 heavy (non-hydrogen) atoms. The lowest BCUT2D eigenvalue weighted by molar-refractivity contribution is -0.0734. The minimum absolute atomic E-state index is 0.0920. The first-order chi connectivity index (χ1) is 12.1. The van der Waals surface area contributed by atoms with Gasteiger partial charge in [-0.1, -0.05) is 24.3 Å². The number of piperidine rings is 1. The summed E-state index contributed by atoms with van der Waals surface area (Å²) in [5, 5.41) is 14.7. The summed E-state index contributed by atoms with van der Waals surface area (Å²) < 4.78 is 0. The van der Waals surface area contributed by atoms with E-state index in [1.807, 2.05) is 4.90 Å². The number of hydrogen-bond donors (Lipinski definition) is 2. The fourth-order valence-corrected chi connectivity index (χ4v) is 6.33. The van der Waals surface area contributed by atoms with Gasteiger partial charge in [0.15, 0.2) is 0 Å². The third-order valence-electron chi connectivity index (χ3n) is 7.09.